The van der Waals surface area contributed by atoms with Crippen LogP contribution >= 0.6 is 0 Å². The number of hydrogen-bond acceptors (Lipinski definition) is 4. The normalized spacial score (nSPS) is 12.1. The Morgan fingerprint density at radius 2 is 1.39 bits per heavy atom. The molecule has 3 rings (SSSR count). The Morgan fingerprint density at radius 3 is 1.92 bits per heavy atom. The largest absolute Gasteiger partial charge is 0.357 e. The minimum Gasteiger partial charge on any atom is -0.357 e. The number of sulfonamides is 1. The zero-order valence-corrected chi connectivity index (χ0v) is 23.8. The minimum absolute atomic E-state index is 0.0966. The van der Waals surface area contributed by atoms with E-state index in [0.717, 1.165) is 32.1 Å². The maximum Gasteiger partial charge on any atom is 0.264 e. The Balaban J connectivity index is 2.09. The zero-order chi connectivity index (χ0) is 28.0. The molecule has 0 aliphatic rings. The number of rotatable bonds is 10. The highest BCUT2D eigenvalue weighted by Gasteiger charge is 2.33. The molecule has 0 aliphatic carbocycles. The lowest BCUT2D eigenvalue weighted by atomic mass is 10.1. The molecule has 0 aliphatic heterocycles. The fraction of sp³-hybridized carbons (Fsp3) is 0.333. The van der Waals surface area contributed by atoms with E-state index in [0.29, 0.717) is 12.1 Å². The topological polar surface area (TPSA) is 86.8 Å². The van der Waals surface area contributed by atoms with Gasteiger partial charge < -0.3 is 10.2 Å². The van der Waals surface area contributed by atoms with Crippen molar-refractivity contribution in [2.45, 2.75) is 58.5 Å². The number of benzene rings is 3. The van der Waals surface area contributed by atoms with Gasteiger partial charge in [0.25, 0.3) is 10.0 Å². The number of carbonyl (C=O) groups excluding carboxylic acids is 2. The van der Waals surface area contributed by atoms with Crippen LogP contribution in [-0.4, -0.2) is 44.8 Å². The van der Waals surface area contributed by atoms with E-state index in [4.69, 9.17) is 0 Å². The van der Waals surface area contributed by atoms with E-state index in [-0.39, 0.29) is 17.3 Å². The third kappa shape index (κ3) is 6.61. The standard InChI is InChI=1S/C30H37N3O4S/c1-7-27(30(35)31-6)32(19-25-13-8-21(2)9-14-25)29(34)20-33(28-17-12-23(4)18-24(28)5)38(36,37)26-15-10-22(3)11-16-26/h8-18,27H,7,19-20H2,1-6H3,(H,31,35)/t27-/m0/s1. The Hall–Kier alpha value is -3.65. The van der Waals surface area contributed by atoms with E-state index in [1.807, 2.05) is 71.0 Å². The monoisotopic (exact) mass is 535 g/mol. The molecule has 0 saturated carbocycles. The molecule has 0 fully saturated rings. The van der Waals surface area contributed by atoms with E-state index in [1.54, 1.807) is 30.3 Å². The van der Waals surface area contributed by atoms with Gasteiger partial charge in [-0.1, -0.05) is 72.1 Å². The first-order chi connectivity index (χ1) is 18.0. The fourth-order valence-electron chi connectivity index (χ4n) is 4.41. The second-order valence-corrected chi connectivity index (χ2v) is 11.5. The van der Waals surface area contributed by atoms with Gasteiger partial charge in [-0.25, -0.2) is 8.42 Å². The Morgan fingerprint density at radius 1 is 0.842 bits per heavy atom. The van der Waals surface area contributed by atoms with Crippen LogP contribution in [0.15, 0.2) is 71.6 Å². The molecule has 2 amide bonds. The van der Waals surface area contributed by atoms with Crippen LogP contribution in [0.1, 0.15) is 41.2 Å². The molecule has 0 heterocycles. The molecular weight excluding hydrogens is 498 g/mol. The molecule has 0 bridgehead atoms. The molecule has 0 spiro atoms. The fourth-order valence-corrected chi connectivity index (χ4v) is 5.89. The smallest absolute Gasteiger partial charge is 0.264 e. The summed E-state index contributed by atoms with van der Waals surface area (Å²) >= 11 is 0. The summed E-state index contributed by atoms with van der Waals surface area (Å²) in [7, 11) is -2.56. The average Bonchev–Trinajstić information content (AvgIpc) is 2.88. The van der Waals surface area contributed by atoms with Crippen LogP contribution in [0, 0.1) is 27.7 Å². The van der Waals surface area contributed by atoms with Crippen LogP contribution in [0.4, 0.5) is 5.69 Å². The van der Waals surface area contributed by atoms with E-state index >= 15 is 0 Å². The lowest BCUT2D eigenvalue weighted by Gasteiger charge is -2.33. The number of likely N-dealkylation sites (N-methyl/N-ethyl adjacent to an activating group) is 1. The summed E-state index contributed by atoms with van der Waals surface area (Å²) < 4.78 is 29.0. The quantitative estimate of drug-likeness (QED) is 0.409. The third-order valence-corrected chi connectivity index (χ3v) is 8.39. The molecule has 1 N–H and O–H groups in total. The third-order valence-electron chi connectivity index (χ3n) is 6.61. The maximum atomic E-state index is 14.0. The van der Waals surface area contributed by atoms with Gasteiger partial charge in [0.15, 0.2) is 0 Å². The van der Waals surface area contributed by atoms with Crippen LogP contribution in [0.25, 0.3) is 0 Å². The highest BCUT2D eigenvalue weighted by Crippen LogP contribution is 2.28. The Kier molecular flexibility index (Phi) is 9.33. The van der Waals surface area contributed by atoms with Crippen molar-refractivity contribution in [3.05, 3.63) is 94.5 Å². The van der Waals surface area contributed by atoms with Gasteiger partial charge in [0.2, 0.25) is 11.8 Å². The molecule has 0 aromatic heterocycles. The van der Waals surface area contributed by atoms with Crippen LogP contribution in [0.3, 0.4) is 0 Å². The van der Waals surface area contributed by atoms with Gasteiger partial charge in [-0.05, 0) is 63.4 Å². The van der Waals surface area contributed by atoms with Crippen molar-refractivity contribution in [2.24, 2.45) is 0 Å². The summed E-state index contributed by atoms with van der Waals surface area (Å²) in [5.74, 6) is -0.760. The number of carbonyl (C=O) groups is 2. The average molecular weight is 536 g/mol. The molecule has 0 saturated heterocycles. The number of nitrogens with zero attached hydrogens (tertiary/aromatic N) is 2. The summed E-state index contributed by atoms with van der Waals surface area (Å²) in [5.41, 5.74) is 5.00. The van der Waals surface area contributed by atoms with Gasteiger partial charge in [0, 0.05) is 13.6 Å². The molecule has 0 unspecified atom stereocenters. The lowest BCUT2D eigenvalue weighted by Crippen LogP contribution is -2.51. The van der Waals surface area contributed by atoms with Crippen LogP contribution < -0.4 is 9.62 Å². The SMILES string of the molecule is CC[C@@H](C(=O)NC)N(Cc1ccc(C)cc1)C(=O)CN(c1ccc(C)cc1C)S(=O)(=O)c1ccc(C)cc1. The first-order valence-corrected chi connectivity index (χ1v) is 14.1. The van der Waals surface area contributed by atoms with Gasteiger partial charge in [-0.3, -0.25) is 13.9 Å². The summed E-state index contributed by atoms with van der Waals surface area (Å²) in [6.45, 7) is 9.18. The predicted octanol–water partition coefficient (Wildman–Crippen LogP) is 4.67. The summed E-state index contributed by atoms with van der Waals surface area (Å²) in [5, 5.41) is 2.64. The van der Waals surface area contributed by atoms with E-state index in [1.165, 1.54) is 11.9 Å². The number of amides is 2. The van der Waals surface area contributed by atoms with Gasteiger partial charge in [0.1, 0.15) is 12.6 Å². The van der Waals surface area contributed by atoms with Crippen molar-refractivity contribution in [3.63, 3.8) is 0 Å². The van der Waals surface area contributed by atoms with Gasteiger partial charge in [-0.2, -0.15) is 0 Å². The van der Waals surface area contributed by atoms with Gasteiger partial charge in [0.05, 0.1) is 10.6 Å². The molecule has 1 atom stereocenters. The lowest BCUT2D eigenvalue weighted by molar-refractivity contribution is -0.140. The molecule has 38 heavy (non-hydrogen) atoms. The van der Waals surface area contributed by atoms with Crippen molar-refractivity contribution < 1.29 is 18.0 Å². The van der Waals surface area contributed by atoms with Crippen LogP contribution in [-0.2, 0) is 26.2 Å². The Labute approximate surface area is 226 Å². The van der Waals surface area contributed by atoms with E-state index < -0.39 is 28.5 Å². The number of anilines is 1. The van der Waals surface area contributed by atoms with Crippen molar-refractivity contribution in [2.75, 3.05) is 17.9 Å². The second-order valence-electron chi connectivity index (χ2n) is 9.66. The zero-order valence-electron chi connectivity index (χ0n) is 23.0. The first kappa shape index (κ1) is 28.9. The first-order valence-electron chi connectivity index (χ1n) is 12.7. The summed E-state index contributed by atoms with van der Waals surface area (Å²) in [6, 6.07) is 19.0. The molecule has 0 radical (unpaired) electrons. The molecule has 202 valence electrons. The number of aryl methyl sites for hydroxylation is 4. The second kappa shape index (κ2) is 12.3. The van der Waals surface area contributed by atoms with Crippen molar-refractivity contribution in [1.82, 2.24) is 10.2 Å². The molecule has 3 aromatic carbocycles. The summed E-state index contributed by atoms with van der Waals surface area (Å²) in [4.78, 5) is 28.3. The molecule has 3 aromatic rings. The number of nitrogens with one attached hydrogen (secondary N) is 1. The maximum absolute atomic E-state index is 14.0. The molecular formula is C30H37N3O4S. The highest BCUT2D eigenvalue weighted by atomic mass is 32.2. The van der Waals surface area contributed by atoms with Crippen LogP contribution in [0.2, 0.25) is 0 Å². The Bertz CT molecular complexity index is 1380. The minimum atomic E-state index is -4.09. The van der Waals surface area contributed by atoms with Crippen molar-refractivity contribution >= 4 is 27.5 Å². The van der Waals surface area contributed by atoms with E-state index in [2.05, 4.69) is 5.32 Å². The number of hydrogen-bond donors (Lipinski definition) is 1. The molecule has 8 heteroatoms. The van der Waals surface area contributed by atoms with Crippen molar-refractivity contribution in [3.8, 4) is 0 Å². The highest BCUT2D eigenvalue weighted by molar-refractivity contribution is 7.92. The van der Waals surface area contributed by atoms with Crippen molar-refractivity contribution in [1.29, 1.82) is 0 Å². The van der Waals surface area contributed by atoms with Gasteiger partial charge in [-0.15, -0.1) is 0 Å². The summed E-state index contributed by atoms with van der Waals surface area (Å²) in [6.07, 6.45) is 0.381. The predicted molar refractivity (Wildman–Crippen MR) is 152 cm³/mol. The van der Waals surface area contributed by atoms with Gasteiger partial charge >= 0.3 is 0 Å². The van der Waals surface area contributed by atoms with Crippen LogP contribution in [0.5, 0.6) is 0 Å². The van der Waals surface area contributed by atoms with E-state index in [9.17, 15) is 18.0 Å². The molecule has 7 nitrogen and oxygen atoms in total.